The molecule has 90 valence electrons. The average molecular weight is 277 g/mol. The standard InChI is InChI=1S/C12H9ClN4S/c1-8-7-18-12(17-8)9(4-14)5-16-11-2-3-15-6-10(11)13/h2-3,5-7H,1H3,(H,15,16)/b9-5+. The van der Waals surface area contributed by atoms with Gasteiger partial charge in [0.1, 0.15) is 16.6 Å². The molecule has 0 aliphatic heterocycles. The first-order valence-electron chi connectivity index (χ1n) is 5.09. The van der Waals surface area contributed by atoms with Crippen LogP contribution in [0.1, 0.15) is 10.7 Å². The minimum atomic E-state index is 0.473. The topological polar surface area (TPSA) is 61.6 Å². The SMILES string of the molecule is Cc1csc(/C(C#N)=C/Nc2ccncc2Cl)n1. The second-order valence-electron chi connectivity index (χ2n) is 3.46. The fourth-order valence-corrected chi connectivity index (χ4v) is 2.20. The Bertz CT molecular complexity index is 627. The Labute approximate surface area is 114 Å². The summed E-state index contributed by atoms with van der Waals surface area (Å²) in [6.45, 7) is 1.89. The molecule has 0 bridgehead atoms. The van der Waals surface area contributed by atoms with Crippen LogP contribution in [-0.2, 0) is 0 Å². The highest BCUT2D eigenvalue weighted by atomic mass is 35.5. The predicted octanol–water partition coefficient (Wildman–Crippen LogP) is 3.48. The van der Waals surface area contributed by atoms with Crippen LogP contribution in [0.2, 0.25) is 5.02 Å². The molecule has 0 atom stereocenters. The van der Waals surface area contributed by atoms with Gasteiger partial charge < -0.3 is 5.32 Å². The Morgan fingerprint density at radius 1 is 1.61 bits per heavy atom. The number of aromatic nitrogens is 2. The number of pyridine rings is 1. The van der Waals surface area contributed by atoms with Gasteiger partial charge in [0, 0.05) is 29.7 Å². The number of thiazole rings is 1. The van der Waals surface area contributed by atoms with Crippen LogP contribution in [0.3, 0.4) is 0 Å². The summed E-state index contributed by atoms with van der Waals surface area (Å²) in [6, 6.07) is 3.85. The van der Waals surface area contributed by atoms with E-state index >= 15 is 0 Å². The first-order chi connectivity index (χ1) is 8.70. The first-order valence-corrected chi connectivity index (χ1v) is 6.35. The van der Waals surface area contributed by atoms with Gasteiger partial charge >= 0.3 is 0 Å². The van der Waals surface area contributed by atoms with E-state index in [4.69, 9.17) is 16.9 Å². The third kappa shape index (κ3) is 2.86. The number of rotatable bonds is 3. The molecule has 2 heterocycles. The van der Waals surface area contributed by atoms with Crippen LogP contribution in [0.15, 0.2) is 30.0 Å². The van der Waals surface area contributed by atoms with E-state index in [-0.39, 0.29) is 0 Å². The fourth-order valence-electron chi connectivity index (χ4n) is 1.26. The van der Waals surface area contributed by atoms with Crippen molar-refractivity contribution < 1.29 is 0 Å². The van der Waals surface area contributed by atoms with Gasteiger partial charge in [-0.05, 0) is 13.0 Å². The zero-order valence-electron chi connectivity index (χ0n) is 9.51. The maximum Gasteiger partial charge on any atom is 0.135 e. The summed E-state index contributed by atoms with van der Waals surface area (Å²) in [5, 5.41) is 15.2. The van der Waals surface area contributed by atoms with Gasteiger partial charge in [0.05, 0.1) is 10.7 Å². The molecular formula is C12H9ClN4S. The molecule has 0 unspecified atom stereocenters. The highest BCUT2D eigenvalue weighted by Crippen LogP contribution is 2.22. The number of hydrogen-bond acceptors (Lipinski definition) is 5. The zero-order chi connectivity index (χ0) is 13.0. The van der Waals surface area contributed by atoms with E-state index in [9.17, 15) is 0 Å². The van der Waals surface area contributed by atoms with Crippen molar-refractivity contribution in [3.05, 3.63) is 45.8 Å². The van der Waals surface area contributed by atoms with Crippen molar-refractivity contribution in [1.29, 1.82) is 5.26 Å². The van der Waals surface area contributed by atoms with E-state index in [1.165, 1.54) is 17.5 Å². The molecule has 0 aliphatic carbocycles. The van der Waals surface area contributed by atoms with Crippen molar-refractivity contribution in [2.45, 2.75) is 6.92 Å². The maximum absolute atomic E-state index is 9.10. The van der Waals surface area contributed by atoms with Crippen LogP contribution in [0.25, 0.3) is 5.57 Å². The minimum Gasteiger partial charge on any atom is -0.359 e. The summed E-state index contributed by atoms with van der Waals surface area (Å²) in [6.07, 6.45) is 4.76. The van der Waals surface area contributed by atoms with Crippen LogP contribution in [0.5, 0.6) is 0 Å². The Morgan fingerprint density at radius 3 is 3.06 bits per heavy atom. The Kier molecular flexibility index (Phi) is 3.92. The van der Waals surface area contributed by atoms with Gasteiger partial charge in [-0.2, -0.15) is 5.26 Å². The van der Waals surface area contributed by atoms with Crippen molar-refractivity contribution in [1.82, 2.24) is 9.97 Å². The van der Waals surface area contributed by atoms with E-state index in [2.05, 4.69) is 21.4 Å². The molecule has 0 amide bonds. The molecule has 6 heteroatoms. The van der Waals surface area contributed by atoms with Gasteiger partial charge in [0.2, 0.25) is 0 Å². The number of allylic oxidation sites excluding steroid dienone is 1. The lowest BCUT2D eigenvalue weighted by molar-refractivity contribution is 1.24. The third-order valence-electron chi connectivity index (χ3n) is 2.11. The largest absolute Gasteiger partial charge is 0.359 e. The summed E-state index contributed by atoms with van der Waals surface area (Å²) in [7, 11) is 0. The summed E-state index contributed by atoms with van der Waals surface area (Å²) in [5.74, 6) is 0. The molecule has 0 saturated heterocycles. The maximum atomic E-state index is 9.10. The molecule has 0 radical (unpaired) electrons. The van der Waals surface area contributed by atoms with Gasteiger partial charge in [-0.1, -0.05) is 11.6 Å². The van der Waals surface area contributed by atoms with Crippen LogP contribution in [0, 0.1) is 18.3 Å². The lowest BCUT2D eigenvalue weighted by atomic mass is 10.3. The van der Waals surface area contributed by atoms with Gasteiger partial charge in [-0.15, -0.1) is 11.3 Å². The van der Waals surface area contributed by atoms with Gasteiger partial charge in [-0.25, -0.2) is 4.98 Å². The summed E-state index contributed by atoms with van der Waals surface area (Å²) < 4.78 is 0. The number of nitrogens with one attached hydrogen (secondary N) is 1. The number of anilines is 1. The lowest BCUT2D eigenvalue weighted by Crippen LogP contribution is -1.92. The van der Waals surface area contributed by atoms with Crippen molar-refractivity contribution in [2.24, 2.45) is 0 Å². The zero-order valence-corrected chi connectivity index (χ0v) is 11.1. The summed E-state index contributed by atoms with van der Waals surface area (Å²) in [4.78, 5) is 8.14. The fraction of sp³-hybridized carbons (Fsp3) is 0.0833. The monoisotopic (exact) mass is 276 g/mol. The molecule has 2 rings (SSSR count). The summed E-state index contributed by atoms with van der Waals surface area (Å²) >= 11 is 7.39. The quantitative estimate of drug-likeness (QED) is 0.872. The normalized spacial score (nSPS) is 11.1. The van der Waals surface area contributed by atoms with Crippen LogP contribution < -0.4 is 5.32 Å². The molecule has 2 aromatic rings. The number of hydrogen-bond donors (Lipinski definition) is 1. The third-order valence-corrected chi connectivity index (χ3v) is 3.41. The van der Waals surface area contributed by atoms with Crippen molar-refractivity contribution >= 4 is 34.2 Å². The minimum absolute atomic E-state index is 0.473. The van der Waals surface area contributed by atoms with Gasteiger partial charge in [0.15, 0.2) is 0 Å². The highest BCUT2D eigenvalue weighted by molar-refractivity contribution is 7.10. The van der Waals surface area contributed by atoms with Crippen LogP contribution in [0.4, 0.5) is 5.69 Å². The Hall–Kier alpha value is -1.90. The van der Waals surface area contributed by atoms with E-state index in [1.807, 2.05) is 12.3 Å². The molecule has 0 spiro atoms. The first kappa shape index (κ1) is 12.6. The Balaban J connectivity index is 2.22. The molecular weight excluding hydrogens is 268 g/mol. The number of nitriles is 1. The average Bonchev–Trinajstić information content (AvgIpc) is 2.79. The highest BCUT2D eigenvalue weighted by Gasteiger charge is 2.05. The van der Waals surface area contributed by atoms with E-state index in [0.717, 1.165) is 5.69 Å². The lowest BCUT2D eigenvalue weighted by Gasteiger charge is -2.02. The van der Waals surface area contributed by atoms with E-state index < -0.39 is 0 Å². The van der Waals surface area contributed by atoms with Gasteiger partial charge in [0.25, 0.3) is 0 Å². The Morgan fingerprint density at radius 2 is 2.44 bits per heavy atom. The molecule has 0 aliphatic rings. The second-order valence-corrected chi connectivity index (χ2v) is 4.73. The number of nitrogens with zero attached hydrogens (tertiary/aromatic N) is 3. The van der Waals surface area contributed by atoms with E-state index in [1.54, 1.807) is 18.5 Å². The van der Waals surface area contributed by atoms with Crippen LogP contribution in [-0.4, -0.2) is 9.97 Å². The summed E-state index contributed by atoms with van der Waals surface area (Å²) in [5.41, 5.74) is 2.08. The van der Waals surface area contributed by atoms with Crippen molar-refractivity contribution in [3.8, 4) is 6.07 Å². The number of aryl methyl sites for hydroxylation is 1. The molecule has 0 fully saturated rings. The smallest absolute Gasteiger partial charge is 0.135 e. The molecule has 0 aromatic carbocycles. The van der Waals surface area contributed by atoms with Crippen molar-refractivity contribution in [2.75, 3.05) is 5.32 Å². The molecule has 1 N–H and O–H groups in total. The molecule has 18 heavy (non-hydrogen) atoms. The van der Waals surface area contributed by atoms with Gasteiger partial charge in [-0.3, -0.25) is 4.98 Å². The molecule has 4 nitrogen and oxygen atoms in total. The van der Waals surface area contributed by atoms with Crippen molar-refractivity contribution in [3.63, 3.8) is 0 Å². The predicted molar refractivity (Wildman–Crippen MR) is 73.3 cm³/mol. The number of halogens is 1. The molecule has 0 saturated carbocycles. The van der Waals surface area contributed by atoms with Crippen LogP contribution >= 0.6 is 22.9 Å². The molecule has 2 aromatic heterocycles. The van der Waals surface area contributed by atoms with E-state index in [0.29, 0.717) is 21.3 Å². The second kappa shape index (κ2) is 5.63.